The second-order valence-corrected chi connectivity index (χ2v) is 6.70. The van der Waals surface area contributed by atoms with Gasteiger partial charge in [-0.25, -0.2) is 0 Å². The maximum absolute atomic E-state index is 4.54. The van der Waals surface area contributed by atoms with Crippen molar-refractivity contribution in [3.63, 3.8) is 0 Å². The third-order valence-electron chi connectivity index (χ3n) is 4.15. The highest BCUT2D eigenvalue weighted by atomic mass is 32.1. The van der Waals surface area contributed by atoms with Crippen LogP contribution in [0.15, 0.2) is 30.5 Å². The van der Waals surface area contributed by atoms with E-state index in [0.29, 0.717) is 12.0 Å². The summed E-state index contributed by atoms with van der Waals surface area (Å²) in [5, 5.41) is 3.66. The van der Waals surface area contributed by atoms with E-state index < -0.39 is 0 Å². The van der Waals surface area contributed by atoms with Crippen LogP contribution in [0.2, 0.25) is 0 Å². The molecule has 0 aliphatic heterocycles. The molecule has 0 bridgehead atoms. The molecule has 0 aromatic carbocycles. The van der Waals surface area contributed by atoms with Gasteiger partial charge in [0.25, 0.3) is 0 Å². The van der Waals surface area contributed by atoms with Crippen molar-refractivity contribution in [3.05, 3.63) is 51.5 Å². The number of rotatable bonds is 5. The Balaban J connectivity index is 1.88. The smallest absolute Gasteiger partial charge is 0.0497 e. The van der Waals surface area contributed by atoms with Crippen molar-refractivity contribution in [1.82, 2.24) is 10.3 Å². The highest BCUT2D eigenvalue weighted by Crippen LogP contribution is 2.38. The zero-order chi connectivity index (χ0) is 13.9. The molecule has 2 nitrogen and oxygen atoms in total. The Hall–Kier alpha value is -1.19. The van der Waals surface area contributed by atoms with Gasteiger partial charge in [0.15, 0.2) is 0 Å². The lowest BCUT2D eigenvalue weighted by atomic mass is 9.95. The normalized spacial score (nSPS) is 16.9. The van der Waals surface area contributed by atoms with Crippen LogP contribution in [0.5, 0.6) is 0 Å². The Morgan fingerprint density at radius 3 is 2.95 bits per heavy atom. The van der Waals surface area contributed by atoms with Crippen LogP contribution in [-0.2, 0) is 12.8 Å². The van der Waals surface area contributed by atoms with E-state index in [0.717, 1.165) is 6.54 Å². The minimum atomic E-state index is 0.380. The fourth-order valence-electron chi connectivity index (χ4n) is 3.07. The average molecular weight is 286 g/mol. The van der Waals surface area contributed by atoms with E-state index in [1.807, 2.05) is 23.6 Å². The number of pyridine rings is 1. The summed E-state index contributed by atoms with van der Waals surface area (Å²) in [4.78, 5) is 7.62. The van der Waals surface area contributed by atoms with Crippen LogP contribution in [0.1, 0.15) is 53.2 Å². The SMILES string of the molecule is CCNC(c1cc2c(s1)CCC2)C(C)c1ccccn1. The van der Waals surface area contributed by atoms with Gasteiger partial charge in [0.1, 0.15) is 0 Å². The summed E-state index contributed by atoms with van der Waals surface area (Å²) < 4.78 is 0. The Morgan fingerprint density at radius 2 is 2.25 bits per heavy atom. The van der Waals surface area contributed by atoms with Crippen LogP contribution >= 0.6 is 11.3 Å². The first-order chi connectivity index (χ1) is 9.79. The number of hydrogen-bond acceptors (Lipinski definition) is 3. The summed E-state index contributed by atoms with van der Waals surface area (Å²) >= 11 is 2.00. The maximum atomic E-state index is 4.54. The topological polar surface area (TPSA) is 24.9 Å². The summed E-state index contributed by atoms with van der Waals surface area (Å²) in [7, 11) is 0. The lowest BCUT2D eigenvalue weighted by Gasteiger charge is -2.23. The molecule has 3 rings (SSSR count). The number of fused-ring (bicyclic) bond motifs is 1. The van der Waals surface area contributed by atoms with Crippen molar-refractivity contribution >= 4 is 11.3 Å². The summed E-state index contributed by atoms with van der Waals surface area (Å²) in [5.41, 5.74) is 2.76. The molecule has 106 valence electrons. The minimum absolute atomic E-state index is 0.380. The van der Waals surface area contributed by atoms with Crippen molar-refractivity contribution in [3.8, 4) is 0 Å². The zero-order valence-electron chi connectivity index (χ0n) is 12.2. The summed E-state index contributed by atoms with van der Waals surface area (Å²) in [5.74, 6) is 0.398. The predicted octanol–water partition coefficient (Wildman–Crippen LogP) is 4.09. The molecular formula is C17H22N2S. The highest BCUT2D eigenvalue weighted by molar-refractivity contribution is 7.12. The van der Waals surface area contributed by atoms with Gasteiger partial charge in [-0.15, -0.1) is 11.3 Å². The first-order valence-electron chi connectivity index (χ1n) is 7.55. The molecule has 0 saturated heterocycles. The third kappa shape index (κ3) is 2.65. The first kappa shape index (κ1) is 13.8. The number of nitrogens with one attached hydrogen (secondary N) is 1. The summed E-state index contributed by atoms with van der Waals surface area (Å²) in [6, 6.07) is 9.01. The molecule has 0 amide bonds. The van der Waals surface area contributed by atoms with Gasteiger partial charge in [0.05, 0.1) is 0 Å². The highest BCUT2D eigenvalue weighted by Gasteiger charge is 2.25. The Bertz CT molecular complexity index is 540. The quantitative estimate of drug-likeness (QED) is 0.895. The van der Waals surface area contributed by atoms with Crippen LogP contribution in [0.4, 0.5) is 0 Å². The second-order valence-electron chi connectivity index (χ2n) is 5.53. The van der Waals surface area contributed by atoms with Crippen molar-refractivity contribution in [2.75, 3.05) is 6.54 Å². The van der Waals surface area contributed by atoms with Gasteiger partial charge in [-0.3, -0.25) is 4.98 Å². The molecule has 3 heteroatoms. The molecule has 2 unspecified atom stereocenters. The predicted molar refractivity (Wildman–Crippen MR) is 85.4 cm³/mol. The summed E-state index contributed by atoms with van der Waals surface area (Å²) in [6.45, 7) is 5.45. The fraction of sp³-hybridized carbons (Fsp3) is 0.471. The molecule has 20 heavy (non-hydrogen) atoms. The minimum Gasteiger partial charge on any atom is -0.309 e. The van der Waals surface area contributed by atoms with Crippen LogP contribution in [0.3, 0.4) is 0 Å². The maximum Gasteiger partial charge on any atom is 0.0497 e. The lowest BCUT2D eigenvalue weighted by molar-refractivity contribution is 0.478. The van der Waals surface area contributed by atoms with Crippen molar-refractivity contribution in [1.29, 1.82) is 0 Å². The fourth-order valence-corrected chi connectivity index (χ4v) is 4.50. The molecule has 1 N–H and O–H groups in total. The number of likely N-dealkylation sites (N-methyl/N-ethyl adjacent to an activating group) is 1. The molecule has 2 heterocycles. The van der Waals surface area contributed by atoms with E-state index in [9.17, 15) is 0 Å². The number of thiophene rings is 1. The van der Waals surface area contributed by atoms with Crippen LogP contribution in [-0.4, -0.2) is 11.5 Å². The molecule has 2 atom stereocenters. The third-order valence-corrected chi connectivity index (χ3v) is 5.47. The van der Waals surface area contributed by atoms with Gasteiger partial charge in [-0.2, -0.15) is 0 Å². The number of nitrogens with zero attached hydrogens (tertiary/aromatic N) is 1. The molecule has 1 aliphatic rings. The monoisotopic (exact) mass is 286 g/mol. The Labute approximate surface area is 125 Å². The largest absolute Gasteiger partial charge is 0.309 e. The average Bonchev–Trinajstić information content (AvgIpc) is 3.06. The van der Waals surface area contributed by atoms with Gasteiger partial charge < -0.3 is 5.32 Å². The second kappa shape index (κ2) is 6.06. The molecule has 0 spiro atoms. The molecule has 2 aromatic rings. The van der Waals surface area contributed by atoms with E-state index in [4.69, 9.17) is 0 Å². The van der Waals surface area contributed by atoms with E-state index >= 15 is 0 Å². The molecule has 2 aromatic heterocycles. The molecule has 0 radical (unpaired) electrons. The van der Waals surface area contributed by atoms with Gasteiger partial charge in [0, 0.05) is 33.6 Å². The van der Waals surface area contributed by atoms with Crippen molar-refractivity contribution in [2.45, 2.75) is 45.1 Å². The molecular weight excluding hydrogens is 264 g/mol. The Kier molecular flexibility index (Phi) is 4.18. The van der Waals surface area contributed by atoms with Crippen molar-refractivity contribution in [2.24, 2.45) is 0 Å². The zero-order valence-corrected chi connectivity index (χ0v) is 13.0. The molecule has 1 aliphatic carbocycles. The van der Waals surface area contributed by atoms with Gasteiger partial charge >= 0.3 is 0 Å². The van der Waals surface area contributed by atoms with Gasteiger partial charge in [0.2, 0.25) is 0 Å². The van der Waals surface area contributed by atoms with Crippen LogP contribution in [0, 0.1) is 0 Å². The van der Waals surface area contributed by atoms with E-state index in [2.05, 4.69) is 42.3 Å². The van der Waals surface area contributed by atoms with Gasteiger partial charge in [-0.05, 0) is 49.6 Å². The number of aryl methyl sites for hydroxylation is 2. The standard InChI is InChI=1S/C17H22N2S/c1-3-18-17(12(2)14-8-4-5-10-19-14)16-11-13-7-6-9-15(13)20-16/h4-5,8,10-12,17-18H,3,6-7,9H2,1-2H3. The Morgan fingerprint density at radius 1 is 1.35 bits per heavy atom. The molecule has 0 saturated carbocycles. The van der Waals surface area contributed by atoms with Crippen LogP contribution in [0.25, 0.3) is 0 Å². The number of hydrogen-bond donors (Lipinski definition) is 1. The summed E-state index contributed by atoms with van der Waals surface area (Å²) in [6.07, 6.45) is 5.77. The van der Waals surface area contributed by atoms with E-state index in [1.54, 1.807) is 10.4 Å². The van der Waals surface area contributed by atoms with Crippen LogP contribution < -0.4 is 5.32 Å². The van der Waals surface area contributed by atoms with E-state index in [1.165, 1.54) is 29.8 Å². The van der Waals surface area contributed by atoms with Crippen molar-refractivity contribution < 1.29 is 0 Å². The van der Waals surface area contributed by atoms with E-state index in [-0.39, 0.29) is 0 Å². The molecule has 0 fully saturated rings. The first-order valence-corrected chi connectivity index (χ1v) is 8.37. The van der Waals surface area contributed by atoms with Gasteiger partial charge in [-0.1, -0.05) is 19.9 Å². The lowest BCUT2D eigenvalue weighted by Crippen LogP contribution is -2.25. The number of aromatic nitrogens is 1.